The summed E-state index contributed by atoms with van der Waals surface area (Å²) in [7, 11) is -1.17. The molecule has 164 valence electrons. The number of anilines is 1. The number of rotatable bonds is 8. The van der Waals surface area contributed by atoms with E-state index in [0.717, 1.165) is 18.4 Å². The van der Waals surface area contributed by atoms with Gasteiger partial charge in [0.05, 0.1) is 16.8 Å². The van der Waals surface area contributed by atoms with Crippen LogP contribution in [0.5, 0.6) is 5.75 Å². The highest BCUT2D eigenvalue weighted by atomic mass is 32.2. The molecular formula is C22H22F3N3O2S. The molecule has 0 spiro atoms. The number of nitrogens with one attached hydrogen (secondary N) is 1. The summed E-state index contributed by atoms with van der Waals surface area (Å²) in [6.45, 7) is 4.34. The molecule has 0 saturated heterocycles. The summed E-state index contributed by atoms with van der Waals surface area (Å²) in [5, 5.41) is 10.3. The van der Waals surface area contributed by atoms with Gasteiger partial charge < -0.3 is 14.0 Å². The number of ether oxygens (including phenoxy) is 1. The fourth-order valence-electron chi connectivity index (χ4n) is 3.42. The summed E-state index contributed by atoms with van der Waals surface area (Å²) in [4.78, 5) is 0. The average molecular weight is 449 g/mol. The van der Waals surface area contributed by atoms with Crippen LogP contribution in [0.3, 0.4) is 0 Å². The van der Waals surface area contributed by atoms with Crippen LogP contribution >= 0.6 is 0 Å². The van der Waals surface area contributed by atoms with Gasteiger partial charge in [0, 0.05) is 29.4 Å². The van der Waals surface area contributed by atoms with Gasteiger partial charge >= 0.3 is 6.36 Å². The van der Waals surface area contributed by atoms with E-state index >= 15 is 0 Å². The van der Waals surface area contributed by atoms with Crippen LogP contribution in [0, 0.1) is 11.3 Å². The van der Waals surface area contributed by atoms with Gasteiger partial charge in [-0.2, -0.15) is 5.26 Å². The topological polar surface area (TPSA) is 67.1 Å². The summed E-state index contributed by atoms with van der Waals surface area (Å²) < 4.78 is 58.7. The van der Waals surface area contributed by atoms with Gasteiger partial charge in [0.15, 0.2) is 0 Å². The number of nitriles is 1. The number of alkyl halides is 3. The van der Waals surface area contributed by atoms with Crippen molar-refractivity contribution < 1.29 is 22.1 Å². The molecule has 1 aromatic heterocycles. The first kappa shape index (κ1) is 22.7. The number of aromatic nitrogens is 1. The Morgan fingerprint density at radius 3 is 2.45 bits per heavy atom. The van der Waals surface area contributed by atoms with Crippen molar-refractivity contribution in [3.63, 3.8) is 0 Å². The van der Waals surface area contributed by atoms with Gasteiger partial charge in [-0.1, -0.05) is 25.5 Å². The maximum Gasteiger partial charge on any atom is 0.573 e. The summed E-state index contributed by atoms with van der Waals surface area (Å²) in [6, 6.07) is 13.3. The highest BCUT2D eigenvalue weighted by Gasteiger charge is 2.31. The van der Waals surface area contributed by atoms with Crippen molar-refractivity contribution in [1.82, 2.24) is 4.57 Å². The first-order valence-electron chi connectivity index (χ1n) is 9.85. The van der Waals surface area contributed by atoms with Crippen LogP contribution in [0.4, 0.5) is 18.9 Å². The molecule has 0 aliphatic heterocycles. The highest BCUT2D eigenvalue weighted by molar-refractivity contribution is 7.86. The van der Waals surface area contributed by atoms with Gasteiger partial charge in [0.2, 0.25) is 0 Å². The predicted molar refractivity (Wildman–Crippen MR) is 116 cm³/mol. The minimum absolute atomic E-state index is 0.336. The molecule has 1 heterocycles. The second kappa shape index (κ2) is 9.43. The van der Waals surface area contributed by atoms with Gasteiger partial charge in [-0.25, -0.2) is 4.21 Å². The maximum absolute atomic E-state index is 12.6. The van der Waals surface area contributed by atoms with E-state index in [0.29, 0.717) is 40.1 Å². The van der Waals surface area contributed by atoms with Gasteiger partial charge in [0.25, 0.3) is 0 Å². The molecule has 9 heteroatoms. The molecule has 3 aromatic rings. The number of nitrogens with zero attached hydrogens (tertiary/aromatic N) is 2. The van der Waals surface area contributed by atoms with Gasteiger partial charge in [-0.05, 0) is 43.2 Å². The smallest absolute Gasteiger partial charge is 0.406 e. The SMILES string of the molecule is CCCCS(=O)Nc1ccc(-c2c(C#N)c3ccc(OC(F)(F)F)cc3n2CC)cc1. The largest absolute Gasteiger partial charge is 0.573 e. The number of fused-ring (bicyclic) bond motifs is 1. The zero-order valence-corrected chi connectivity index (χ0v) is 17.9. The molecule has 0 fully saturated rings. The van der Waals surface area contributed by atoms with Crippen molar-refractivity contribution in [2.75, 3.05) is 10.5 Å². The minimum Gasteiger partial charge on any atom is -0.406 e. The number of halogens is 3. The third kappa shape index (κ3) is 5.20. The van der Waals surface area contributed by atoms with Crippen molar-refractivity contribution in [3.05, 3.63) is 48.0 Å². The zero-order valence-electron chi connectivity index (χ0n) is 17.1. The van der Waals surface area contributed by atoms with E-state index in [2.05, 4.69) is 15.5 Å². The minimum atomic E-state index is -4.79. The molecule has 0 amide bonds. The Morgan fingerprint density at radius 1 is 1.16 bits per heavy atom. The first-order valence-corrected chi connectivity index (χ1v) is 11.2. The molecule has 1 N–H and O–H groups in total. The number of hydrogen-bond donors (Lipinski definition) is 1. The number of unbranched alkanes of at least 4 members (excludes halogenated alkanes) is 1. The maximum atomic E-state index is 12.6. The lowest BCUT2D eigenvalue weighted by Gasteiger charge is -2.11. The van der Waals surface area contributed by atoms with Crippen molar-refractivity contribution in [1.29, 1.82) is 5.26 Å². The zero-order chi connectivity index (χ0) is 22.6. The first-order chi connectivity index (χ1) is 14.8. The van der Waals surface area contributed by atoms with Crippen LogP contribution in [0.1, 0.15) is 32.3 Å². The Hall–Kier alpha value is -2.99. The molecule has 0 saturated carbocycles. The van der Waals surface area contributed by atoms with Crippen molar-refractivity contribution in [3.8, 4) is 23.1 Å². The Bertz CT molecular complexity index is 1130. The standard InChI is InChI=1S/C22H22F3N3O2S/c1-3-5-12-31(29)27-16-8-6-15(7-9-16)21-19(14-26)18-11-10-17(30-22(23,24)25)13-20(18)28(21)4-2/h6-11,13,27H,3-5,12H2,1-2H3. The van der Waals surface area contributed by atoms with Crippen LogP contribution in [0.25, 0.3) is 22.2 Å². The molecule has 5 nitrogen and oxygen atoms in total. The van der Waals surface area contributed by atoms with Gasteiger partial charge in [-0.15, -0.1) is 13.2 Å². The van der Waals surface area contributed by atoms with E-state index in [9.17, 15) is 22.6 Å². The third-order valence-corrected chi connectivity index (χ3v) is 5.89. The second-order valence-electron chi connectivity index (χ2n) is 6.89. The summed E-state index contributed by atoms with van der Waals surface area (Å²) in [6.07, 6.45) is -2.97. The normalized spacial score (nSPS) is 12.5. The fourth-order valence-corrected chi connectivity index (χ4v) is 4.47. The lowest BCUT2D eigenvalue weighted by Crippen LogP contribution is -2.17. The molecule has 0 aliphatic carbocycles. The highest BCUT2D eigenvalue weighted by Crippen LogP contribution is 2.36. The number of aryl methyl sites for hydroxylation is 1. The van der Waals surface area contributed by atoms with Gasteiger partial charge in [0.1, 0.15) is 22.8 Å². The molecule has 0 radical (unpaired) electrons. The summed E-state index contributed by atoms with van der Waals surface area (Å²) >= 11 is 0. The summed E-state index contributed by atoms with van der Waals surface area (Å²) in [5.74, 6) is 0.223. The second-order valence-corrected chi connectivity index (χ2v) is 8.19. The molecule has 31 heavy (non-hydrogen) atoms. The molecule has 0 aliphatic rings. The van der Waals surface area contributed by atoms with Crippen LogP contribution < -0.4 is 9.46 Å². The van der Waals surface area contributed by atoms with Crippen LogP contribution in [-0.4, -0.2) is 20.9 Å². The summed E-state index contributed by atoms with van der Waals surface area (Å²) in [5.41, 5.74) is 2.90. The van der Waals surface area contributed by atoms with Crippen LogP contribution in [-0.2, 0) is 17.5 Å². The van der Waals surface area contributed by atoms with Crippen LogP contribution in [0.15, 0.2) is 42.5 Å². The Labute approximate surface area is 181 Å². The van der Waals surface area contributed by atoms with E-state index in [-0.39, 0.29) is 5.75 Å². The Morgan fingerprint density at radius 2 is 1.87 bits per heavy atom. The third-order valence-electron chi connectivity index (χ3n) is 4.77. The lowest BCUT2D eigenvalue weighted by atomic mass is 10.1. The molecule has 2 aromatic carbocycles. The molecule has 3 rings (SSSR count). The van der Waals surface area contributed by atoms with Crippen molar-refractivity contribution in [2.45, 2.75) is 39.6 Å². The van der Waals surface area contributed by atoms with E-state index in [1.165, 1.54) is 18.2 Å². The van der Waals surface area contributed by atoms with E-state index < -0.39 is 17.3 Å². The van der Waals surface area contributed by atoms with Gasteiger partial charge in [-0.3, -0.25) is 0 Å². The van der Waals surface area contributed by atoms with Crippen molar-refractivity contribution >= 4 is 27.6 Å². The Balaban J connectivity index is 2.01. The van der Waals surface area contributed by atoms with Crippen molar-refractivity contribution in [2.24, 2.45) is 0 Å². The molecule has 1 unspecified atom stereocenters. The van der Waals surface area contributed by atoms with Crippen LogP contribution in [0.2, 0.25) is 0 Å². The average Bonchev–Trinajstić information content (AvgIpc) is 3.04. The Kier molecular flexibility index (Phi) is 6.91. The van der Waals surface area contributed by atoms with E-state index in [1.807, 2.05) is 13.8 Å². The molecule has 1 atom stereocenters. The number of benzene rings is 2. The lowest BCUT2D eigenvalue weighted by molar-refractivity contribution is -0.274. The quantitative estimate of drug-likeness (QED) is 0.460. The fraction of sp³-hybridized carbons (Fsp3) is 0.318. The monoisotopic (exact) mass is 449 g/mol. The predicted octanol–water partition coefficient (Wildman–Crippen LogP) is 5.97. The molecular weight excluding hydrogens is 427 g/mol. The van der Waals surface area contributed by atoms with E-state index in [4.69, 9.17) is 0 Å². The molecule has 0 bridgehead atoms. The number of hydrogen-bond acceptors (Lipinski definition) is 3. The van der Waals surface area contributed by atoms with E-state index in [1.54, 1.807) is 28.8 Å².